The second-order valence-electron chi connectivity index (χ2n) is 8.09. The number of nitrogens with zero attached hydrogens (tertiary/aromatic N) is 3. The van der Waals surface area contributed by atoms with E-state index in [1.165, 1.54) is 11.3 Å². The number of fused-ring (bicyclic) bond motifs is 1. The zero-order valence-electron chi connectivity index (χ0n) is 18.9. The molecule has 0 atom stereocenters. The molecule has 0 aliphatic carbocycles. The smallest absolute Gasteiger partial charge is 0.262 e. The van der Waals surface area contributed by atoms with Crippen LogP contribution in [-0.4, -0.2) is 60.0 Å². The van der Waals surface area contributed by atoms with Gasteiger partial charge in [-0.25, -0.2) is 4.68 Å². The Kier molecular flexibility index (Phi) is 8.70. The third-order valence-corrected chi connectivity index (χ3v) is 7.73. The highest BCUT2D eigenvalue weighted by Crippen LogP contribution is 2.42. The van der Waals surface area contributed by atoms with Crippen molar-refractivity contribution in [1.82, 2.24) is 20.0 Å². The van der Waals surface area contributed by atoms with E-state index in [1.54, 1.807) is 0 Å². The van der Waals surface area contributed by atoms with Crippen LogP contribution in [0.1, 0.15) is 16.1 Å². The molecule has 6 nitrogen and oxygen atoms in total. The van der Waals surface area contributed by atoms with E-state index in [0.29, 0.717) is 21.5 Å². The topological polar surface area (TPSA) is 59.4 Å². The highest BCUT2D eigenvalue weighted by atomic mass is 35.5. The number of morpholine rings is 1. The number of rotatable bonds is 7. The molecule has 1 saturated heterocycles. The molecule has 1 amide bonds. The second kappa shape index (κ2) is 11.7. The van der Waals surface area contributed by atoms with Crippen molar-refractivity contribution in [1.29, 1.82) is 0 Å². The molecule has 0 unspecified atom stereocenters. The van der Waals surface area contributed by atoms with Gasteiger partial charge in [0, 0.05) is 30.2 Å². The highest BCUT2D eigenvalue weighted by molar-refractivity contribution is 7.21. The maximum atomic E-state index is 13.1. The Morgan fingerprint density at radius 1 is 1.06 bits per heavy atom. The molecule has 0 saturated carbocycles. The fourth-order valence-corrected chi connectivity index (χ4v) is 5.71. The van der Waals surface area contributed by atoms with Gasteiger partial charge in [0.25, 0.3) is 5.91 Å². The van der Waals surface area contributed by atoms with Crippen LogP contribution in [0.3, 0.4) is 0 Å². The van der Waals surface area contributed by atoms with E-state index in [-0.39, 0.29) is 18.3 Å². The molecule has 1 aliphatic rings. The molecule has 2 aromatic carbocycles. The minimum atomic E-state index is -0.158. The Bertz CT molecular complexity index is 1290. The second-order valence-corrected chi connectivity index (χ2v) is 9.91. The van der Waals surface area contributed by atoms with Crippen LogP contribution in [0.2, 0.25) is 10.0 Å². The zero-order valence-corrected chi connectivity index (χ0v) is 22.0. The lowest BCUT2D eigenvalue weighted by atomic mass is 10.1. The van der Waals surface area contributed by atoms with Gasteiger partial charge in [-0.05, 0) is 37.2 Å². The Labute approximate surface area is 224 Å². The van der Waals surface area contributed by atoms with Gasteiger partial charge in [0.1, 0.15) is 15.4 Å². The number of benzene rings is 2. The van der Waals surface area contributed by atoms with E-state index in [4.69, 9.17) is 33.0 Å². The maximum Gasteiger partial charge on any atom is 0.262 e. The first-order valence-electron chi connectivity index (χ1n) is 11.2. The van der Waals surface area contributed by atoms with Crippen molar-refractivity contribution in [3.63, 3.8) is 0 Å². The molecule has 1 aliphatic heterocycles. The monoisotopic (exact) mass is 550 g/mol. The lowest BCUT2D eigenvalue weighted by Gasteiger charge is -2.26. The molecule has 1 N–H and O–H groups in total. The first kappa shape index (κ1) is 25.9. The molecule has 5 rings (SSSR count). The first-order chi connectivity index (χ1) is 16.6. The van der Waals surface area contributed by atoms with Gasteiger partial charge in [-0.15, -0.1) is 23.7 Å². The fraction of sp³-hybridized carbons (Fsp3) is 0.280. The molecule has 0 spiro atoms. The fourth-order valence-electron chi connectivity index (χ4n) is 4.06. The van der Waals surface area contributed by atoms with Crippen molar-refractivity contribution in [2.24, 2.45) is 0 Å². The van der Waals surface area contributed by atoms with Gasteiger partial charge in [0.05, 0.1) is 29.3 Å². The Balaban J connectivity index is 0.00000289. The van der Waals surface area contributed by atoms with Crippen molar-refractivity contribution in [2.75, 3.05) is 39.4 Å². The number of nitrogens with one attached hydrogen (secondary N) is 1. The van der Waals surface area contributed by atoms with Crippen LogP contribution in [0.15, 0.2) is 54.6 Å². The van der Waals surface area contributed by atoms with E-state index in [1.807, 2.05) is 59.3 Å². The number of hydrogen-bond donors (Lipinski definition) is 1. The normalized spacial score (nSPS) is 14.1. The molecule has 35 heavy (non-hydrogen) atoms. The first-order valence-corrected chi connectivity index (χ1v) is 12.8. The summed E-state index contributed by atoms with van der Waals surface area (Å²) in [5.41, 5.74) is 2.52. The van der Waals surface area contributed by atoms with Crippen LogP contribution < -0.4 is 5.32 Å². The number of hydrogen-bond acceptors (Lipinski definition) is 5. The third-order valence-electron chi connectivity index (χ3n) is 5.83. The predicted octanol–water partition coefficient (Wildman–Crippen LogP) is 5.93. The predicted molar refractivity (Wildman–Crippen MR) is 146 cm³/mol. The summed E-state index contributed by atoms with van der Waals surface area (Å²) in [7, 11) is 0. The van der Waals surface area contributed by atoms with E-state index in [0.717, 1.165) is 66.4 Å². The Morgan fingerprint density at radius 2 is 1.77 bits per heavy atom. The molecule has 184 valence electrons. The standard InChI is InChI=1S/C25H24Cl2N4O2S.ClH/c26-18-9-7-17(8-10-18)22-20-21(27)23(24(32)28-11-4-12-30-13-15-33-16-14-30)34-25(20)31(29-22)19-5-2-1-3-6-19;/h1-3,5-10H,4,11-16H2,(H,28,32);1H. The number of thiophene rings is 1. The Morgan fingerprint density at radius 3 is 2.49 bits per heavy atom. The van der Waals surface area contributed by atoms with Crippen LogP contribution in [0.4, 0.5) is 0 Å². The van der Waals surface area contributed by atoms with E-state index < -0.39 is 0 Å². The molecular weight excluding hydrogens is 527 g/mol. The van der Waals surface area contributed by atoms with Gasteiger partial charge in [-0.3, -0.25) is 9.69 Å². The number of para-hydroxylation sites is 1. The van der Waals surface area contributed by atoms with Crippen LogP contribution in [0.5, 0.6) is 0 Å². The van der Waals surface area contributed by atoms with Crippen molar-refractivity contribution < 1.29 is 9.53 Å². The molecule has 10 heteroatoms. The zero-order chi connectivity index (χ0) is 23.5. The number of carbonyl (C=O) groups excluding carboxylic acids is 1. The van der Waals surface area contributed by atoms with Gasteiger partial charge in [-0.2, -0.15) is 5.10 Å². The molecule has 4 aromatic rings. The van der Waals surface area contributed by atoms with E-state index >= 15 is 0 Å². The van der Waals surface area contributed by atoms with Crippen molar-refractivity contribution in [2.45, 2.75) is 6.42 Å². The molecule has 0 radical (unpaired) electrons. The molecule has 3 heterocycles. The Hall–Kier alpha value is -2.13. The van der Waals surface area contributed by atoms with Gasteiger partial charge in [0.2, 0.25) is 0 Å². The van der Waals surface area contributed by atoms with Gasteiger partial charge >= 0.3 is 0 Å². The number of carbonyl (C=O) groups is 1. The third kappa shape index (κ3) is 5.66. The average Bonchev–Trinajstić information content (AvgIpc) is 3.41. The number of aromatic nitrogens is 2. The van der Waals surface area contributed by atoms with Crippen LogP contribution in [0, 0.1) is 0 Å². The van der Waals surface area contributed by atoms with Gasteiger partial charge < -0.3 is 10.1 Å². The van der Waals surface area contributed by atoms with Gasteiger partial charge in [0.15, 0.2) is 0 Å². The van der Waals surface area contributed by atoms with Crippen LogP contribution >= 0.6 is 46.9 Å². The lowest BCUT2D eigenvalue weighted by Crippen LogP contribution is -2.38. The number of ether oxygens (including phenoxy) is 1. The average molecular weight is 552 g/mol. The summed E-state index contributed by atoms with van der Waals surface area (Å²) in [6.07, 6.45) is 0.877. The summed E-state index contributed by atoms with van der Waals surface area (Å²) >= 11 is 14.3. The van der Waals surface area contributed by atoms with E-state index in [9.17, 15) is 4.79 Å². The summed E-state index contributed by atoms with van der Waals surface area (Å²) in [6, 6.07) is 17.3. The van der Waals surface area contributed by atoms with Crippen molar-refractivity contribution >= 4 is 63.1 Å². The number of amides is 1. The molecule has 2 aromatic heterocycles. The van der Waals surface area contributed by atoms with Crippen LogP contribution in [-0.2, 0) is 4.74 Å². The number of halogens is 3. The largest absolute Gasteiger partial charge is 0.379 e. The molecule has 0 bridgehead atoms. The van der Waals surface area contributed by atoms with Crippen molar-refractivity contribution in [3.8, 4) is 16.9 Å². The highest BCUT2D eigenvalue weighted by Gasteiger charge is 2.25. The minimum absolute atomic E-state index is 0. The maximum absolute atomic E-state index is 13.1. The summed E-state index contributed by atoms with van der Waals surface area (Å²) in [4.78, 5) is 16.7. The van der Waals surface area contributed by atoms with Crippen LogP contribution in [0.25, 0.3) is 27.2 Å². The quantitative estimate of drug-likeness (QED) is 0.289. The van der Waals surface area contributed by atoms with Gasteiger partial charge in [-0.1, -0.05) is 53.5 Å². The summed E-state index contributed by atoms with van der Waals surface area (Å²) in [5.74, 6) is -0.158. The summed E-state index contributed by atoms with van der Waals surface area (Å²) in [6.45, 7) is 4.97. The summed E-state index contributed by atoms with van der Waals surface area (Å²) < 4.78 is 7.24. The SMILES string of the molecule is Cl.O=C(NCCCN1CCOCC1)c1sc2c(c(-c3ccc(Cl)cc3)nn2-c2ccccc2)c1Cl. The lowest BCUT2D eigenvalue weighted by molar-refractivity contribution is 0.0374. The summed E-state index contributed by atoms with van der Waals surface area (Å²) in [5, 5.41) is 9.75. The van der Waals surface area contributed by atoms with E-state index in [2.05, 4.69) is 10.2 Å². The minimum Gasteiger partial charge on any atom is -0.379 e. The molecule has 1 fully saturated rings. The molecular formula is C25H25Cl3N4O2S. The van der Waals surface area contributed by atoms with Crippen molar-refractivity contribution in [3.05, 3.63) is 69.5 Å².